The van der Waals surface area contributed by atoms with Gasteiger partial charge in [-0.2, -0.15) is 4.98 Å². The molecule has 0 amide bonds. The van der Waals surface area contributed by atoms with Crippen molar-refractivity contribution >= 4 is 0 Å². The predicted molar refractivity (Wildman–Crippen MR) is 64.4 cm³/mol. The molecule has 0 fully saturated rings. The lowest BCUT2D eigenvalue weighted by Crippen LogP contribution is -2.25. The maximum Gasteiger partial charge on any atom is 0.226 e. The number of nitrogens with one attached hydrogen (secondary N) is 1. The molecule has 0 saturated carbocycles. The molecule has 0 spiro atoms. The third-order valence-electron chi connectivity index (χ3n) is 2.61. The van der Waals surface area contributed by atoms with Crippen molar-refractivity contribution in [2.45, 2.75) is 58.9 Å². The molecule has 16 heavy (non-hydrogen) atoms. The monoisotopic (exact) mass is 225 g/mol. The van der Waals surface area contributed by atoms with Crippen LogP contribution in [0.15, 0.2) is 4.52 Å². The Balaban J connectivity index is 2.28. The molecule has 0 bridgehead atoms. The van der Waals surface area contributed by atoms with E-state index in [0.717, 1.165) is 43.9 Å². The molecule has 0 saturated heterocycles. The van der Waals surface area contributed by atoms with Crippen LogP contribution in [0.5, 0.6) is 0 Å². The van der Waals surface area contributed by atoms with Crippen molar-refractivity contribution in [3.8, 4) is 0 Å². The summed E-state index contributed by atoms with van der Waals surface area (Å²) in [6.07, 6.45) is 5.15. The maximum atomic E-state index is 5.20. The van der Waals surface area contributed by atoms with Gasteiger partial charge in [-0.1, -0.05) is 25.4 Å². The smallest absolute Gasteiger partial charge is 0.226 e. The van der Waals surface area contributed by atoms with Crippen LogP contribution in [0.2, 0.25) is 0 Å². The third kappa shape index (κ3) is 4.75. The summed E-state index contributed by atoms with van der Waals surface area (Å²) in [6, 6.07) is 0.510. The van der Waals surface area contributed by atoms with Crippen molar-refractivity contribution in [1.29, 1.82) is 0 Å². The average Bonchev–Trinajstić information content (AvgIpc) is 2.72. The Morgan fingerprint density at radius 2 is 2.12 bits per heavy atom. The van der Waals surface area contributed by atoms with Crippen LogP contribution in [-0.2, 0) is 12.8 Å². The number of aryl methyl sites for hydroxylation is 2. The van der Waals surface area contributed by atoms with Crippen molar-refractivity contribution in [1.82, 2.24) is 15.5 Å². The van der Waals surface area contributed by atoms with E-state index >= 15 is 0 Å². The Hall–Kier alpha value is -0.900. The van der Waals surface area contributed by atoms with E-state index in [0.29, 0.717) is 6.04 Å². The van der Waals surface area contributed by atoms with Crippen molar-refractivity contribution < 1.29 is 4.52 Å². The van der Waals surface area contributed by atoms with Gasteiger partial charge in [-0.15, -0.1) is 0 Å². The highest BCUT2D eigenvalue weighted by molar-refractivity contribution is 4.87. The van der Waals surface area contributed by atoms with Gasteiger partial charge in [0.25, 0.3) is 0 Å². The molecule has 0 aromatic carbocycles. The average molecular weight is 225 g/mol. The minimum atomic E-state index is 0.510. The van der Waals surface area contributed by atoms with E-state index < -0.39 is 0 Å². The van der Waals surface area contributed by atoms with Gasteiger partial charge in [-0.25, -0.2) is 0 Å². The standard InChI is InChI=1S/C12H23N3O/c1-4-6-7-11-14-12(16-15-11)9-8-10(3)13-5-2/h10,13H,4-9H2,1-3H3. The largest absolute Gasteiger partial charge is 0.339 e. The molecule has 4 heteroatoms. The zero-order valence-corrected chi connectivity index (χ0v) is 10.6. The van der Waals surface area contributed by atoms with Crippen LogP contribution in [0.3, 0.4) is 0 Å². The summed E-state index contributed by atoms with van der Waals surface area (Å²) >= 11 is 0. The number of rotatable bonds is 8. The van der Waals surface area contributed by atoms with Crippen LogP contribution in [0, 0.1) is 0 Å². The molecule has 0 aliphatic heterocycles. The maximum absolute atomic E-state index is 5.20. The summed E-state index contributed by atoms with van der Waals surface area (Å²) in [5.74, 6) is 1.63. The SMILES string of the molecule is CCCCc1noc(CCC(C)NCC)n1. The molecule has 4 nitrogen and oxygen atoms in total. The van der Waals surface area contributed by atoms with Gasteiger partial charge in [0.05, 0.1) is 0 Å². The highest BCUT2D eigenvalue weighted by Gasteiger charge is 2.07. The van der Waals surface area contributed by atoms with E-state index in [9.17, 15) is 0 Å². The van der Waals surface area contributed by atoms with E-state index in [1.807, 2.05) is 0 Å². The first-order valence-corrected chi connectivity index (χ1v) is 6.31. The van der Waals surface area contributed by atoms with Crippen LogP contribution in [0.4, 0.5) is 0 Å². The second kappa shape index (κ2) is 7.39. The zero-order valence-electron chi connectivity index (χ0n) is 10.6. The lowest BCUT2D eigenvalue weighted by Gasteiger charge is -2.09. The Bertz CT molecular complexity index is 286. The first-order chi connectivity index (χ1) is 7.76. The summed E-state index contributed by atoms with van der Waals surface area (Å²) in [5.41, 5.74) is 0. The summed E-state index contributed by atoms with van der Waals surface area (Å²) in [7, 11) is 0. The molecular weight excluding hydrogens is 202 g/mol. The fourth-order valence-electron chi connectivity index (χ4n) is 1.62. The number of nitrogens with zero attached hydrogens (tertiary/aromatic N) is 2. The van der Waals surface area contributed by atoms with E-state index in [-0.39, 0.29) is 0 Å². The van der Waals surface area contributed by atoms with Crippen LogP contribution in [0.1, 0.15) is 51.7 Å². The Labute approximate surface area is 97.8 Å². The number of unbranched alkanes of at least 4 members (excludes halogenated alkanes) is 1. The van der Waals surface area contributed by atoms with Gasteiger partial charge in [-0.3, -0.25) is 0 Å². The Morgan fingerprint density at radius 3 is 2.81 bits per heavy atom. The van der Waals surface area contributed by atoms with E-state index in [1.54, 1.807) is 0 Å². The highest BCUT2D eigenvalue weighted by atomic mass is 16.5. The van der Waals surface area contributed by atoms with Crippen LogP contribution >= 0.6 is 0 Å². The Morgan fingerprint density at radius 1 is 1.31 bits per heavy atom. The number of aromatic nitrogens is 2. The minimum absolute atomic E-state index is 0.510. The van der Waals surface area contributed by atoms with E-state index in [2.05, 4.69) is 36.2 Å². The second-order valence-electron chi connectivity index (χ2n) is 4.21. The third-order valence-corrected chi connectivity index (χ3v) is 2.61. The molecular formula is C12H23N3O. The summed E-state index contributed by atoms with van der Waals surface area (Å²) in [5, 5.41) is 7.34. The van der Waals surface area contributed by atoms with Gasteiger partial charge < -0.3 is 9.84 Å². The molecule has 1 rings (SSSR count). The molecule has 1 unspecified atom stereocenters. The summed E-state index contributed by atoms with van der Waals surface area (Å²) < 4.78 is 5.20. The predicted octanol–water partition coefficient (Wildman–Crippen LogP) is 2.34. The van der Waals surface area contributed by atoms with Gasteiger partial charge in [-0.05, 0) is 26.3 Å². The molecule has 0 aliphatic rings. The molecule has 1 aromatic rings. The fourth-order valence-corrected chi connectivity index (χ4v) is 1.62. The zero-order chi connectivity index (χ0) is 11.8. The lowest BCUT2D eigenvalue weighted by molar-refractivity contribution is 0.362. The van der Waals surface area contributed by atoms with Gasteiger partial charge in [0.1, 0.15) is 0 Å². The van der Waals surface area contributed by atoms with E-state index in [1.165, 1.54) is 6.42 Å². The van der Waals surface area contributed by atoms with Gasteiger partial charge in [0.15, 0.2) is 5.82 Å². The molecule has 0 aliphatic carbocycles. The lowest BCUT2D eigenvalue weighted by atomic mass is 10.2. The Kier molecular flexibility index (Phi) is 6.08. The summed E-state index contributed by atoms with van der Waals surface area (Å²) in [4.78, 5) is 4.37. The van der Waals surface area contributed by atoms with Crippen molar-refractivity contribution in [3.05, 3.63) is 11.7 Å². The number of hydrogen-bond acceptors (Lipinski definition) is 4. The topological polar surface area (TPSA) is 51.0 Å². The van der Waals surface area contributed by atoms with Gasteiger partial charge in [0.2, 0.25) is 5.89 Å². The second-order valence-corrected chi connectivity index (χ2v) is 4.21. The van der Waals surface area contributed by atoms with Gasteiger partial charge >= 0.3 is 0 Å². The number of hydrogen-bond donors (Lipinski definition) is 1. The molecule has 1 aromatic heterocycles. The molecule has 92 valence electrons. The summed E-state index contributed by atoms with van der Waals surface area (Å²) in [6.45, 7) is 7.47. The molecule has 1 N–H and O–H groups in total. The first kappa shape index (κ1) is 13.2. The van der Waals surface area contributed by atoms with Gasteiger partial charge in [0, 0.05) is 18.9 Å². The minimum Gasteiger partial charge on any atom is -0.339 e. The fraction of sp³-hybridized carbons (Fsp3) is 0.833. The van der Waals surface area contributed by atoms with E-state index in [4.69, 9.17) is 4.52 Å². The van der Waals surface area contributed by atoms with Crippen molar-refractivity contribution in [2.75, 3.05) is 6.54 Å². The van der Waals surface area contributed by atoms with Crippen LogP contribution in [-0.4, -0.2) is 22.7 Å². The van der Waals surface area contributed by atoms with Crippen LogP contribution < -0.4 is 5.32 Å². The molecule has 1 heterocycles. The first-order valence-electron chi connectivity index (χ1n) is 6.31. The highest BCUT2D eigenvalue weighted by Crippen LogP contribution is 2.05. The quantitative estimate of drug-likeness (QED) is 0.738. The molecule has 0 radical (unpaired) electrons. The van der Waals surface area contributed by atoms with Crippen molar-refractivity contribution in [3.63, 3.8) is 0 Å². The van der Waals surface area contributed by atoms with Crippen molar-refractivity contribution in [2.24, 2.45) is 0 Å². The van der Waals surface area contributed by atoms with Crippen LogP contribution in [0.25, 0.3) is 0 Å². The normalized spacial score (nSPS) is 12.9. The molecule has 1 atom stereocenters.